The first-order valence-corrected chi connectivity index (χ1v) is 9.07. The number of aromatic carboxylic acids is 2. The molecule has 0 bridgehead atoms. The zero-order chi connectivity index (χ0) is 21.8. The van der Waals surface area contributed by atoms with Gasteiger partial charge in [-0.3, -0.25) is 4.79 Å². The van der Waals surface area contributed by atoms with E-state index in [0.717, 1.165) is 6.42 Å². The highest BCUT2D eigenvalue weighted by Crippen LogP contribution is 2.33. The number of aromatic amines is 1. The smallest absolute Gasteiger partial charge is 0.342 e. The Bertz CT molecular complexity index is 1150. The first-order valence-electron chi connectivity index (χ1n) is 9.07. The molecule has 3 rings (SSSR count). The molecule has 10 nitrogen and oxygen atoms in total. The lowest BCUT2D eigenvalue weighted by Gasteiger charge is -2.16. The van der Waals surface area contributed by atoms with Gasteiger partial charge in [-0.05, 0) is 24.1 Å². The van der Waals surface area contributed by atoms with Crippen LogP contribution in [0, 0.1) is 0 Å². The summed E-state index contributed by atoms with van der Waals surface area (Å²) in [6.07, 6.45) is 5.74. The highest BCUT2D eigenvalue weighted by molar-refractivity contribution is 6.07. The Morgan fingerprint density at radius 1 is 1.23 bits per heavy atom. The molecule has 156 valence electrons. The molecule has 0 aliphatic carbocycles. The van der Waals surface area contributed by atoms with Crippen molar-refractivity contribution in [1.29, 1.82) is 0 Å². The Kier molecular flexibility index (Phi) is 5.86. The van der Waals surface area contributed by atoms with Crippen molar-refractivity contribution in [2.24, 2.45) is 0 Å². The summed E-state index contributed by atoms with van der Waals surface area (Å²) in [5.41, 5.74) is 4.16. The molecule has 0 radical (unpaired) electrons. The molecule has 10 heteroatoms. The molecule has 3 aromatic rings. The lowest BCUT2D eigenvalue weighted by Crippen LogP contribution is -2.24. The summed E-state index contributed by atoms with van der Waals surface area (Å²) in [4.78, 5) is 41.9. The van der Waals surface area contributed by atoms with Gasteiger partial charge in [-0.1, -0.05) is 13.0 Å². The normalized spacial score (nSPS) is 10.7. The summed E-state index contributed by atoms with van der Waals surface area (Å²) in [6, 6.07) is 4.72. The van der Waals surface area contributed by atoms with E-state index in [0.29, 0.717) is 24.5 Å². The van der Waals surface area contributed by atoms with Gasteiger partial charge in [0.1, 0.15) is 22.7 Å². The summed E-state index contributed by atoms with van der Waals surface area (Å²) in [5, 5.41) is 19.2. The number of carboxylic acids is 2. The molecule has 1 aromatic carbocycles. The third-order valence-electron chi connectivity index (χ3n) is 4.40. The van der Waals surface area contributed by atoms with Crippen molar-refractivity contribution >= 4 is 17.8 Å². The van der Waals surface area contributed by atoms with Gasteiger partial charge in [-0.15, -0.1) is 0 Å². The van der Waals surface area contributed by atoms with Crippen molar-refractivity contribution in [3.63, 3.8) is 0 Å². The van der Waals surface area contributed by atoms with E-state index in [-0.39, 0.29) is 11.1 Å². The molecule has 0 saturated carbocycles. The summed E-state index contributed by atoms with van der Waals surface area (Å²) in [5.74, 6) is -2.88. The maximum Gasteiger partial charge on any atom is 0.342 e. The van der Waals surface area contributed by atoms with E-state index in [1.165, 1.54) is 6.07 Å². The summed E-state index contributed by atoms with van der Waals surface area (Å²) in [6.45, 7) is 2.77. The molecule has 0 unspecified atom stereocenters. The van der Waals surface area contributed by atoms with Crippen molar-refractivity contribution in [3.05, 3.63) is 64.0 Å². The average Bonchev–Trinajstić information content (AvgIpc) is 3.18. The molecule has 2 heterocycles. The zero-order valence-corrected chi connectivity index (χ0v) is 16.1. The largest absolute Gasteiger partial charge is 0.493 e. The monoisotopic (exact) mass is 412 g/mol. The highest BCUT2D eigenvalue weighted by Gasteiger charge is 2.27. The van der Waals surface area contributed by atoms with Crippen molar-refractivity contribution in [1.82, 2.24) is 14.5 Å². The number of nitrogens with zero attached hydrogens (tertiary/aromatic N) is 2. The van der Waals surface area contributed by atoms with Crippen LogP contribution in [0.5, 0.6) is 5.75 Å². The van der Waals surface area contributed by atoms with Crippen LogP contribution in [0.2, 0.25) is 0 Å². The van der Waals surface area contributed by atoms with Crippen LogP contribution in [-0.2, 0) is 6.54 Å². The molecular formula is C20H20N4O6. The van der Waals surface area contributed by atoms with Gasteiger partial charge in [0, 0.05) is 23.5 Å². The van der Waals surface area contributed by atoms with Crippen LogP contribution >= 0.6 is 0 Å². The van der Waals surface area contributed by atoms with E-state index in [1.54, 1.807) is 35.4 Å². The van der Waals surface area contributed by atoms with Gasteiger partial charge in [0.05, 0.1) is 19.5 Å². The second kappa shape index (κ2) is 8.52. The quantitative estimate of drug-likeness (QED) is 0.437. The fraction of sp³-hybridized carbons (Fsp3) is 0.200. The third kappa shape index (κ3) is 4.02. The standard InChI is InChI=1S/C20H20N4O6/c1-2-7-30-13-4-3-11(8-12(13)9-24-6-5-22-10-24)14-15(19(26)27)17(21)23-18(25)16(14)20(28)29/h3-6,8,10H,2,7,9H2,1H3,(H,26,27)(H,28,29)(H3,21,23,25). The summed E-state index contributed by atoms with van der Waals surface area (Å²) in [7, 11) is 0. The Morgan fingerprint density at radius 3 is 2.57 bits per heavy atom. The number of H-pyrrole nitrogens is 1. The van der Waals surface area contributed by atoms with Gasteiger partial charge in [-0.25, -0.2) is 14.6 Å². The van der Waals surface area contributed by atoms with Gasteiger partial charge in [0.25, 0.3) is 5.56 Å². The van der Waals surface area contributed by atoms with Gasteiger partial charge in [0.2, 0.25) is 0 Å². The number of anilines is 1. The molecule has 0 aliphatic rings. The van der Waals surface area contributed by atoms with Crippen LogP contribution in [-0.4, -0.2) is 43.3 Å². The number of benzene rings is 1. The highest BCUT2D eigenvalue weighted by atomic mass is 16.5. The molecular weight excluding hydrogens is 392 g/mol. The van der Waals surface area contributed by atoms with Crippen molar-refractivity contribution < 1.29 is 24.5 Å². The minimum Gasteiger partial charge on any atom is -0.493 e. The number of rotatable bonds is 8. The van der Waals surface area contributed by atoms with E-state index < -0.39 is 34.4 Å². The van der Waals surface area contributed by atoms with Crippen LogP contribution in [0.3, 0.4) is 0 Å². The Balaban J connectivity index is 2.26. The van der Waals surface area contributed by atoms with E-state index in [2.05, 4.69) is 9.97 Å². The molecule has 2 aromatic heterocycles. The number of carbonyl (C=O) groups is 2. The summed E-state index contributed by atoms with van der Waals surface area (Å²) >= 11 is 0. The van der Waals surface area contributed by atoms with Crippen molar-refractivity contribution in [2.45, 2.75) is 19.9 Å². The van der Waals surface area contributed by atoms with Crippen LogP contribution < -0.4 is 16.0 Å². The Hall–Kier alpha value is -4.08. The van der Waals surface area contributed by atoms with Gasteiger partial charge >= 0.3 is 11.9 Å². The number of nitrogens with two attached hydrogens (primary N) is 1. The number of hydrogen-bond acceptors (Lipinski definition) is 6. The minimum atomic E-state index is -1.56. The lowest BCUT2D eigenvalue weighted by molar-refractivity contribution is 0.0695. The molecule has 0 saturated heterocycles. The number of ether oxygens (including phenoxy) is 1. The molecule has 0 spiro atoms. The van der Waals surface area contributed by atoms with E-state index >= 15 is 0 Å². The number of imidazole rings is 1. The molecule has 5 N–H and O–H groups in total. The number of nitrogen functional groups attached to an aromatic ring is 1. The van der Waals surface area contributed by atoms with Gasteiger partial charge < -0.3 is 30.2 Å². The van der Waals surface area contributed by atoms with Crippen LogP contribution in [0.1, 0.15) is 39.6 Å². The lowest BCUT2D eigenvalue weighted by atomic mass is 9.94. The second-order valence-corrected chi connectivity index (χ2v) is 6.51. The minimum absolute atomic E-state index is 0.224. The van der Waals surface area contributed by atoms with E-state index in [1.807, 2.05) is 6.92 Å². The predicted octanol–water partition coefficient (Wildman–Crippen LogP) is 2.05. The van der Waals surface area contributed by atoms with Crippen molar-refractivity contribution in [3.8, 4) is 16.9 Å². The van der Waals surface area contributed by atoms with Gasteiger partial charge in [0.15, 0.2) is 0 Å². The molecule has 30 heavy (non-hydrogen) atoms. The number of hydrogen-bond donors (Lipinski definition) is 4. The van der Waals surface area contributed by atoms with E-state index in [4.69, 9.17) is 10.5 Å². The number of carboxylic acid groups (broad SMARTS) is 2. The van der Waals surface area contributed by atoms with E-state index in [9.17, 15) is 24.6 Å². The summed E-state index contributed by atoms with van der Waals surface area (Å²) < 4.78 is 7.55. The second-order valence-electron chi connectivity index (χ2n) is 6.51. The topological polar surface area (TPSA) is 161 Å². The van der Waals surface area contributed by atoms with Crippen LogP contribution in [0.4, 0.5) is 5.82 Å². The maximum atomic E-state index is 12.3. The number of nitrogens with one attached hydrogen (secondary N) is 1. The van der Waals surface area contributed by atoms with Gasteiger partial charge in [-0.2, -0.15) is 0 Å². The Morgan fingerprint density at radius 2 is 1.97 bits per heavy atom. The molecule has 0 aliphatic heterocycles. The molecule has 0 fully saturated rings. The fourth-order valence-electron chi connectivity index (χ4n) is 3.12. The fourth-order valence-corrected chi connectivity index (χ4v) is 3.12. The molecule has 0 amide bonds. The first-order chi connectivity index (χ1) is 14.3. The van der Waals surface area contributed by atoms with Crippen LogP contribution in [0.25, 0.3) is 11.1 Å². The Labute approximate surface area is 170 Å². The average molecular weight is 412 g/mol. The number of aromatic nitrogens is 3. The van der Waals surface area contributed by atoms with Crippen molar-refractivity contribution in [2.75, 3.05) is 12.3 Å². The number of pyridine rings is 1. The first kappa shape index (κ1) is 20.6. The zero-order valence-electron chi connectivity index (χ0n) is 16.1. The SMILES string of the molecule is CCCOc1ccc(-c2c(C(=O)O)c(N)[nH]c(=O)c2C(=O)O)cc1Cn1ccnc1. The maximum absolute atomic E-state index is 12.3. The molecule has 0 atom stereocenters. The van der Waals surface area contributed by atoms with Crippen LogP contribution in [0.15, 0.2) is 41.7 Å². The predicted molar refractivity (Wildman–Crippen MR) is 108 cm³/mol. The third-order valence-corrected chi connectivity index (χ3v) is 4.40.